The van der Waals surface area contributed by atoms with E-state index >= 15 is 0 Å². The maximum Gasteiger partial charge on any atom is 0.101 e. The van der Waals surface area contributed by atoms with E-state index in [1.54, 1.807) is 0 Å². The van der Waals surface area contributed by atoms with Crippen LogP contribution in [0.15, 0.2) is 23.1 Å². The Hall–Kier alpha value is -0.940. The van der Waals surface area contributed by atoms with Crippen molar-refractivity contribution < 1.29 is 0 Å². The summed E-state index contributed by atoms with van der Waals surface area (Å²) in [7, 11) is 0. The van der Waals surface area contributed by atoms with Crippen molar-refractivity contribution in [3.63, 3.8) is 0 Å². The first kappa shape index (κ1) is 12.1. The highest BCUT2D eigenvalue weighted by molar-refractivity contribution is 7.80. The topological polar surface area (TPSA) is 23.8 Å². The van der Waals surface area contributed by atoms with Crippen LogP contribution in [0.4, 0.5) is 0 Å². The average Bonchev–Trinajstić information content (AvgIpc) is 2.18. The Morgan fingerprint density at radius 3 is 2.53 bits per heavy atom. The first-order valence-corrected chi connectivity index (χ1v) is 5.72. The van der Waals surface area contributed by atoms with Gasteiger partial charge in [0.25, 0.3) is 0 Å². The van der Waals surface area contributed by atoms with E-state index in [2.05, 4.69) is 39.5 Å². The smallest absolute Gasteiger partial charge is 0.101 e. The van der Waals surface area contributed by atoms with Gasteiger partial charge >= 0.3 is 0 Å². The highest BCUT2D eigenvalue weighted by Gasteiger charge is 2.12. The molecule has 0 bridgehead atoms. The van der Waals surface area contributed by atoms with Crippen molar-refractivity contribution in [2.45, 2.75) is 32.1 Å². The van der Waals surface area contributed by atoms with Crippen molar-refractivity contribution in [1.82, 2.24) is 0 Å². The number of nitriles is 1. The van der Waals surface area contributed by atoms with Gasteiger partial charge in [0.1, 0.15) is 6.07 Å². The standard InChI is InChI=1S/C13H17NS/c1-9(2)10(3)7-11-5-4-6-13(15)12(11)8-14/h4-6,9-10,15H,7H2,1-3H3. The number of hydrogen-bond donors (Lipinski definition) is 1. The molecule has 0 aliphatic rings. The molecule has 0 saturated heterocycles. The van der Waals surface area contributed by atoms with Crippen LogP contribution in [0.3, 0.4) is 0 Å². The molecule has 0 aromatic heterocycles. The molecule has 1 aromatic carbocycles. The van der Waals surface area contributed by atoms with E-state index in [4.69, 9.17) is 5.26 Å². The lowest BCUT2D eigenvalue weighted by Gasteiger charge is -2.16. The summed E-state index contributed by atoms with van der Waals surface area (Å²) >= 11 is 4.30. The van der Waals surface area contributed by atoms with Gasteiger partial charge in [-0.1, -0.05) is 32.9 Å². The van der Waals surface area contributed by atoms with Gasteiger partial charge in [0.2, 0.25) is 0 Å². The van der Waals surface area contributed by atoms with E-state index in [0.717, 1.165) is 22.4 Å². The van der Waals surface area contributed by atoms with Crippen LogP contribution in [0.2, 0.25) is 0 Å². The Balaban J connectivity index is 2.96. The van der Waals surface area contributed by atoms with Gasteiger partial charge in [-0.3, -0.25) is 0 Å². The van der Waals surface area contributed by atoms with Gasteiger partial charge in [0.05, 0.1) is 5.56 Å². The lowest BCUT2D eigenvalue weighted by Crippen LogP contribution is -2.08. The van der Waals surface area contributed by atoms with Crippen LogP contribution in [0, 0.1) is 23.2 Å². The molecule has 0 aliphatic carbocycles. The fraction of sp³-hybridized carbons (Fsp3) is 0.462. The molecule has 15 heavy (non-hydrogen) atoms. The molecule has 0 saturated carbocycles. The Kier molecular flexibility index (Phi) is 4.23. The predicted octanol–water partition coefficient (Wildman–Crippen LogP) is 3.68. The van der Waals surface area contributed by atoms with Crippen molar-refractivity contribution in [2.24, 2.45) is 11.8 Å². The third kappa shape index (κ3) is 3.00. The summed E-state index contributed by atoms with van der Waals surface area (Å²) in [5, 5.41) is 9.05. The minimum absolute atomic E-state index is 0.590. The van der Waals surface area contributed by atoms with Gasteiger partial charge < -0.3 is 0 Å². The second-order valence-electron chi connectivity index (χ2n) is 4.35. The maximum absolute atomic E-state index is 9.05. The molecule has 1 nitrogen and oxygen atoms in total. The summed E-state index contributed by atoms with van der Waals surface area (Å²) in [4.78, 5) is 0.783. The predicted molar refractivity (Wildman–Crippen MR) is 66.1 cm³/mol. The molecule has 0 spiro atoms. The second-order valence-corrected chi connectivity index (χ2v) is 4.83. The molecule has 0 heterocycles. The summed E-state index contributed by atoms with van der Waals surface area (Å²) < 4.78 is 0. The summed E-state index contributed by atoms with van der Waals surface area (Å²) in [5.41, 5.74) is 1.85. The van der Waals surface area contributed by atoms with Crippen LogP contribution < -0.4 is 0 Å². The highest BCUT2D eigenvalue weighted by Crippen LogP contribution is 2.22. The minimum Gasteiger partial charge on any atom is -0.192 e. The van der Waals surface area contributed by atoms with Crippen LogP contribution in [-0.4, -0.2) is 0 Å². The zero-order valence-corrected chi connectivity index (χ0v) is 10.4. The molecular weight excluding hydrogens is 202 g/mol. The van der Waals surface area contributed by atoms with Crippen molar-refractivity contribution >= 4 is 12.6 Å². The molecule has 1 aromatic rings. The number of nitrogens with zero attached hydrogens (tertiary/aromatic N) is 1. The van der Waals surface area contributed by atoms with Crippen molar-refractivity contribution in [3.8, 4) is 6.07 Å². The van der Waals surface area contributed by atoms with Crippen LogP contribution in [-0.2, 0) is 6.42 Å². The lowest BCUT2D eigenvalue weighted by atomic mass is 9.89. The first-order valence-electron chi connectivity index (χ1n) is 5.27. The van der Waals surface area contributed by atoms with Gasteiger partial charge in [0.15, 0.2) is 0 Å². The molecule has 2 heteroatoms. The quantitative estimate of drug-likeness (QED) is 0.770. The largest absolute Gasteiger partial charge is 0.192 e. The van der Waals surface area contributed by atoms with E-state index < -0.39 is 0 Å². The van der Waals surface area contributed by atoms with Crippen LogP contribution in [0.5, 0.6) is 0 Å². The maximum atomic E-state index is 9.05. The zero-order chi connectivity index (χ0) is 11.4. The lowest BCUT2D eigenvalue weighted by molar-refractivity contribution is 0.417. The van der Waals surface area contributed by atoms with Gasteiger partial charge in [-0.15, -0.1) is 12.6 Å². The monoisotopic (exact) mass is 219 g/mol. The molecule has 0 radical (unpaired) electrons. The molecule has 0 N–H and O–H groups in total. The van der Waals surface area contributed by atoms with Gasteiger partial charge in [0, 0.05) is 4.90 Å². The van der Waals surface area contributed by atoms with E-state index in [9.17, 15) is 0 Å². The molecule has 0 amide bonds. The van der Waals surface area contributed by atoms with Gasteiger partial charge in [-0.05, 0) is 29.9 Å². The van der Waals surface area contributed by atoms with E-state index in [1.807, 2.05) is 18.2 Å². The van der Waals surface area contributed by atoms with Crippen LogP contribution in [0.1, 0.15) is 31.9 Å². The van der Waals surface area contributed by atoms with E-state index in [1.165, 1.54) is 0 Å². The second kappa shape index (κ2) is 5.23. The normalized spacial score (nSPS) is 12.5. The number of rotatable bonds is 3. The third-order valence-electron chi connectivity index (χ3n) is 2.92. The molecule has 1 unspecified atom stereocenters. The summed E-state index contributed by atoms with van der Waals surface area (Å²) in [5.74, 6) is 1.23. The Morgan fingerprint density at radius 1 is 1.33 bits per heavy atom. The molecule has 0 fully saturated rings. The summed E-state index contributed by atoms with van der Waals surface area (Å²) in [6.45, 7) is 6.64. The molecule has 80 valence electrons. The van der Waals surface area contributed by atoms with E-state index in [-0.39, 0.29) is 0 Å². The number of thiol groups is 1. The fourth-order valence-corrected chi connectivity index (χ4v) is 1.75. The van der Waals surface area contributed by atoms with E-state index in [0.29, 0.717) is 11.8 Å². The highest BCUT2D eigenvalue weighted by atomic mass is 32.1. The van der Waals surface area contributed by atoms with Crippen molar-refractivity contribution in [2.75, 3.05) is 0 Å². The molecular formula is C13H17NS. The minimum atomic E-state index is 0.590. The van der Waals surface area contributed by atoms with Crippen molar-refractivity contribution in [1.29, 1.82) is 5.26 Å². The molecule has 0 aliphatic heterocycles. The Bertz CT molecular complexity index is 377. The van der Waals surface area contributed by atoms with Gasteiger partial charge in [-0.25, -0.2) is 0 Å². The summed E-state index contributed by atoms with van der Waals surface area (Å²) in [6.07, 6.45) is 0.953. The Morgan fingerprint density at radius 2 is 2.00 bits per heavy atom. The Labute approximate surface area is 97.5 Å². The first-order chi connectivity index (χ1) is 7.06. The van der Waals surface area contributed by atoms with Gasteiger partial charge in [-0.2, -0.15) is 5.26 Å². The third-order valence-corrected chi connectivity index (χ3v) is 3.29. The summed E-state index contributed by atoms with van der Waals surface area (Å²) in [6, 6.07) is 8.09. The van der Waals surface area contributed by atoms with Crippen LogP contribution in [0.25, 0.3) is 0 Å². The number of benzene rings is 1. The molecule has 1 rings (SSSR count). The van der Waals surface area contributed by atoms with Crippen molar-refractivity contribution in [3.05, 3.63) is 29.3 Å². The fourth-order valence-electron chi connectivity index (χ4n) is 1.47. The number of hydrogen-bond acceptors (Lipinski definition) is 2. The van der Waals surface area contributed by atoms with Crippen LogP contribution >= 0.6 is 12.6 Å². The average molecular weight is 219 g/mol. The molecule has 1 atom stereocenters. The SMILES string of the molecule is CC(C)C(C)Cc1cccc(S)c1C#N. The zero-order valence-electron chi connectivity index (χ0n) is 9.49.